The van der Waals surface area contributed by atoms with Crippen molar-refractivity contribution in [2.24, 2.45) is 0 Å². The van der Waals surface area contributed by atoms with E-state index in [1.807, 2.05) is 24.3 Å². The molecule has 30 heavy (non-hydrogen) atoms. The molecule has 162 valence electrons. The van der Waals surface area contributed by atoms with Gasteiger partial charge in [-0.3, -0.25) is 0 Å². The maximum atomic E-state index is 6.70. The van der Waals surface area contributed by atoms with Crippen LogP contribution in [0.15, 0.2) is 36.4 Å². The van der Waals surface area contributed by atoms with Gasteiger partial charge < -0.3 is 18.9 Å². The molecule has 0 bridgehead atoms. The molecule has 0 aliphatic carbocycles. The minimum absolute atomic E-state index is 0.0336. The Hall–Kier alpha value is -1.50. The lowest BCUT2D eigenvalue weighted by Crippen LogP contribution is -2.38. The number of ether oxygens (including phenoxy) is 4. The van der Waals surface area contributed by atoms with E-state index in [0.29, 0.717) is 0 Å². The Morgan fingerprint density at radius 1 is 0.667 bits per heavy atom. The van der Waals surface area contributed by atoms with Crippen LogP contribution < -0.4 is 29.6 Å². The van der Waals surface area contributed by atoms with Crippen molar-refractivity contribution in [2.75, 3.05) is 14.2 Å². The van der Waals surface area contributed by atoms with Gasteiger partial charge in [-0.25, -0.2) is 0 Å². The van der Waals surface area contributed by atoms with E-state index >= 15 is 0 Å². The van der Waals surface area contributed by atoms with Gasteiger partial charge in [-0.15, -0.1) is 0 Å². The van der Waals surface area contributed by atoms with Crippen molar-refractivity contribution < 1.29 is 18.9 Å². The Morgan fingerprint density at radius 2 is 1.03 bits per heavy atom. The standard InChI is InChI=1S/C24H32O4P2/c1-23(2,3)29-19-15(25-7)11-9-13-17(19)27-21(29)22-28-18-14-10-12-16(26-8)20(18)30(22)24(4,5)6/h9-14,21-22H,1-8H3/t21?,22?,29-,30-/m0/s1. The van der Waals surface area contributed by atoms with E-state index in [-0.39, 0.29) is 22.0 Å². The van der Waals surface area contributed by atoms with Gasteiger partial charge in [0.2, 0.25) is 0 Å². The zero-order valence-electron chi connectivity index (χ0n) is 19.1. The van der Waals surface area contributed by atoms with Gasteiger partial charge in [0.05, 0.1) is 24.8 Å². The molecule has 4 nitrogen and oxygen atoms in total. The first-order chi connectivity index (χ1) is 14.1. The molecule has 0 N–H and O–H groups in total. The second-order valence-electron chi connectivity index (χ2n) is 9.71. The Kier molecular flexibility index (Phi) is 5.48. The first kappa shape index (κ1) is 21.7. The van der Waals surface area contributed by atoms with Crippen molar-refractivity contribution in [3.05, 3.63) is 36.4 Å². The lowest BCUT2D eigenvalue weighted by molar-refractivity contribution is 0.171. The van der Waals surface area contributed by atoms with Crippen LogP contribution in [0.2, 0.25) is 0 Å². The van der Waals surface area contributed by atoms with Crippen LogP contribution in [0.25, 0.3) is 0 Å². The zero-order valence-corrected chi connectivity index (χ0v) is 20.9. The quantitative estimate of drug-likeness (QED) is 0.571. The van der Waals surface area contributed by atoms with Crippen molar-refractivity contribution in [1.29, 1.82) is 0 Å². The monoisotopic (exact) mass is 446 g/mol. The molecule has 4 rings (SSSR count). The third-order valence-electron chi connectivity index (χ3n) is 5.54. The molecule has 0 fully saturated rings. The third kappa shape index (κ3) is 3.47. The molecule has 2 unspecified atom stereocenters. The van der Waals surface area contributed by atoms with Crippen LogP contribution in [-0.4, -0.2) is 36.2 Å². The van der Waals surface area contributed by atoms with E-state index in [9.17, 15) is 0 Å². The van der Waals surface area contributed by atoms with Gasteiger partial charge in [-0.1, -0.05) is 53.7 Å². The summed E-state index contributed by atoms with van der Waals surface area (Å²) in [5, 5.41) is 2.54. The van der Waals surface area contributed by atoms with Crippen LogP contribution >= 0.6 is 15.8 Å². The molecule has 2 aliphatic rings. The highest BCUT2D eigenvalue weighted by molar-refractivity contribution is 7.72. The minimum Gasteiger partial charge on any atom is -0.496 e. The van der Waals surface area contributed by atoms with E-state index in [0.717, 1.165) is 23.0 Å². The smallest absolute Gasteiger partial charge is 0.162 e. The minimum atomic E-state index is -0.690. The van der Waals surface area contributed by atoms with Crippen molar-refractivity contribution in [2.45, 2.75) is 63.5 Å². The van der Waals surface area contributed by atoms with Crippen LogP contribution in [0.5, 0.6) is 23.0 Å². The number of benzene rings is 2. The van der Waals surface area contributed by atoms with E-state index in [1.54, 1.807) is 14.2 Å². The lowest BCUT2D eigenvalue weighted by Gasteiger charge is -2.39. The topological polar surface area (TPSA) is 36.9 Å². The lowest BCUT2D eigenvalue weighted by atomic mass is 10.2. The van der Waals surface area contributed by atoms with E-state index in [2.05, 4.69) is 53.7 Å². The number of methoxy groups -OCH3 is 2. The number of rotatable bonds is 3. The number of hydrogen-bond acceptors (Lipinski definition) is 4. The first-order valence-corrected chi connectivity index (χ1v) is 13.2. The molecule has 0 saturated carbocycles. The fourth-order valence-corrected chi connectivity index (χ4v) is 11.2. The summed E-state index contributed by atoms with van der Waals surface area (Å²) >= 11 is 0. The number of fused-ring (bicyclic) bond motifs is 2. The molecule has 0 aromatic heterocycles. The SMILES string of the molecule is COc1cccc2c1[P@](C(C)(C)C)C(C1Oc3cccc(OC)c3[P@]1C(C)(C)C)O2. The summed E-state index contributed by atoms with van der Waals surface area (Å²) in [5.74, 6) is 3.66. The van der Waals surface area contributed by atoms with Crippen LogP contribution in [-0.2, 0) is 0 Å². The molecule has 2 aromatic carbocycles. The highest BCUT2D eigenvalue weighted by atomic mass is 31.1. The van der Waals surface area contributed by atoms with Gasteiger partial charge in [0.1, 0.15) is 23.0 Å². The van der Waals surface area contributed by atoms with Gasteiger partial charge in [-0.05, 0) is 50.4 Å². The fraction of sp³-hybridized carbons (Fsp3) is 0.500. The molecular formula is C24H32O4P2. The van der Waals surface area contributed by atoms with Crippen molar-refractivity contribution in [1.82, 2.24) is 0 Å². The molecule has 0 saturated heterocycles. The van der Waals surface area contributed by atoms with Gasteiger partial charge >= 0.3 is 0 Å². The molecule has 0 radical (unpaired) electrons. The molecule has 2 heterocycles. The molecule has 4 atom stereocenters. The maximum Gasteiger partial charge on any atom is 0.162 e. The Morgan fingerprint density at radius 3 is 1.33 bits per heavy atom. The summed E-state index contributed by atoms with van der Waals surface area (Å²) in [6.07, 6.45) is 0. The van der Waals surface area contributed by atoms with Crippen LogP contribution in [0, 0.1) is 0 Å². The average molecular weight is 446 g/mol. The second-order valence-corrected chi connectivity index (χ2v) is 15.8. The average Bonchev–Trinajstić information content (AvgIpc) is 3.25. The molecule has 2 aromatic rings. The van der Waals surface area contributed by atoms with E-state index < -0.39 is 15.8 Å². The summed E-state index contributed by atoms with van der Waals surface area (Å²) in [5.41, 5.74) is 0. The summed E-state index contributed by atoms with van der Waals surface area (Å²) < 4.78 is 24.9. The van der Waals surface area contributed by atoms with Crippen molar-refractivity contribution >= 4 is 26.5 Å². The summed E-state index contributed by atoms with van der Waals surface area (Å²) in [7, 11) is 2.11. The van der Waals surface area contributed by atoms with Gasteiger partial charge in [0.25, 0.3) is 0 Å². The highest BCUT2D eigenvalue weighted by Gasteiger charge is 2.55. The van der Waals surface area contributed by atoms with E-state index in [4.69, 9.17) is 18.9 Å². The summed E-state index contributed by atoms with van der Waals surface area (Å²) in [6.45, 7) is 13.8. The first-order valence-electron chi connectivity index (χ1n) is 10.3. The van der Waals surface area contributed by atoms with Gasteiger partial charge in [0, 0.05) is 0 Å². The molecular weight excluding hydrogens is 414 g/mol. The number of hydrogen-bond donors (Lipinski definition) is 0. The van der Waals surface area contributed by atoms with Crippen LogP contribution in [0.4, 0.5) is 0 Å². The second kappa shape index (κ2) is 7.57. The molecule has 0 spiro atoms. The van der Waals surface area contributed by atoms with Crippen molar-refractivity contribution in [3.63, 3.8) is 0 Å². The Balaban J connectivity index is 1.85. The summed E-state index contributed by atoms with van der Waals surface area (Å²) in [6, 6.07) is 12.3. The highest BCUT2D eigenvalue weighted by Crippen LogP contribution is 2.69. The Bertz CT molecular complexity index is 868. The predicted octanol–water partition coefficient (Wildman–Crippen LogP) is 5.65. The van der Waals surface area contributed by atoms with Crippen molar-refractivity contribution in [3.8, 4) is 23.0 Å². The zero-order chi connectivity index (χ0) is 21.8. The molecule has 2 aliphatic heterocycles. The predicted molar refractivity (Wildman–Crippen MR) is 127 cm³/mol. The Labute approximate surface area is 182 Å². The largest absolute Gasteiger partial charge is 0.496 e. The molecule has 0 amide bonds. The fourth-order valence-electron chi connectivity index (χ4n) is 4.42. The van der Waals surface area contributed by atoms with Gasteiger partial charge in [0.15, 0.2) is 11.7 Å². The normalized spacial score (nSPS) is 25.2. The third-order valence-corrected chi connectivity index (χ3v) is 12.3. The van der Waals surface area contributed by atoms with Crippen LogP contribution in [0.3, 0.4) is 0 Å². The summed E-state index contributed by atoms with van der Waals surface area (Å²) in [4.78, 5) is 0. The molecule has 6 heteroatoms. The van der Waals surface area contributed by atoms with E-state index in [1.165, 1.54) is 10.6 Å². The van der Waals surface area contributed by atoms with Gasteiger partial charge in [-0.2, -0.15) is 0 Å². The van der Waals surface area contributed by atoms with Crippen LogP contribution in [0.1, 0.15) is 41.5 Å². The maximum absolute atomic E-state index is 6.70.